The second-order valence-corrected chi connectivity index (χ2v) is 4.21. The Hall–Kier alpha value is -0.760. The summed E-state index contributed by atoms with van der Waals surface area (Å²) in [5.41, 5.74) is 2.78. The van der Waals surface area contributed by atoms with Gasteiger partial charge in [-0.3, -0.25) is 0 Å². The zero-order valence-electron chi connectivity index (χ0n) is 7.90. The molecule has 0 radical (unpaired) electrons. The molecule has 66 valence electrons. The maximum atomic E-state index is 5.56. The van der Waals surface area contributed by atoms with Crippen LogP contribution < -0.4 is 5.32 Å². The van der Waals surface area contributed by atoms with Gasteiger partial charge in [0, 0.05) is 24.1 Å². The molecule has 1 aromatic heterocycles. The second-order valence-electron chi connectivity index (χ2n) is 4.21. The molecule has 0 atom stereocenters. The Balaban J connectivity index is 2.53. The monoisotopic (exact) mass is 165 g/mol. The Kier molecular flexibility index (Phi) is 1.55. The van der Waals surface area contributed by atoms with Gasteiger partial charge >= 0.3 is 0 Å². The van der Waals surface area contributed by atoms with Gasteiger partial charge in [-0.1, -0.05) is 13.8 Å². The largest absolute Gasteiger partial charge is 0.468 e. The van der Waals surface area contributed by atoms with Gasteiger partial charge in [-0.2, -0.15) is 0 Å². The number of hydrogen-bond acceptors (Lipinski definition) is 2. The van der Waals surface area contributed by atoms with Gasteiger partial charge in [0.05, 0.1) is 6.26 Å². The fourth-order valence-electron chi connectivity index (χ4n) is 1.84. The van der Waals surface area contributed by atoms with Crippen LogP contribution in [0.4, 0.5) is 0 Å². The van der Waals surface area contributed by atoms with Crippen LogP contribution >= 0.6 is 0 Å². The van der Waals surface area contributed by atoms with Crippen molar-refractivity contribution in [3.63, 3.8) is 0 Å². The van der Waals surface area contributed by atoms with Crippen molar-refractivity contribution < 1.29 is 4.42 Å². The average molecular weight is 165 g/mol. The maximum Gasteiger partial charge on any atom is 0.115 e. The van der Waals surface area contributed by atoms with Crippen LogP contribution in [0.1, 0.15) is 30.7 Å². The number of hydrogen-bond donors (Lipinski definition) is 1. The van der Waals surface area contributed by atoms with E-state index in [0.717, 1.165) is 13.1 Å². The highest BCUT2D eigenvalue weighted by Gasteiger charge is 2.31. The van der Waals surface area contributed by atoms with E-state index in [9.17, 15) is 0 Å². The van der Waals surface area contributed by atoms with Crippen molar-refractivity contribution in [1.29, 1.82) is 0 Å². The van der Waals surface area contributed by atoms with E-state index in [-0.39, 0.29) is 5.41 Å². The Morgan fingerprint density at radius 3 is 2.92 bits per heavy atom. The van der Waals surface area contributed by atoms with Gasteiger partial charge in [0.25, 0.3) is 0 Å². The second kappa shape index (κ2) is 2.36. The van der Waals surface area contributed by atoms with E-state index >= 15 is 0 Å². The molecule has 0 amide bonds. The summed E-state index contributed by atoms with van der Waals surface area (Å²) in [6, 6.07) is 0. The van der Waals surface area contributed by atoms with Crippen LogP contribution in [-0.4, -0.2) is 6.54 Å². The smallest absolute Gasteiger partial charge is 0.115 e. The highest BCUT2D eigenvalue weighted by molar-refractivity contribution is 5.33. The Morgan fingerprint density at radius 2 is 2.25 bits per heavy atom. The van der Waals surface area contributed by atoms with Gasteiger partial charge in [-0.05, 0) is 12.5 Å². The molecule has 1 N–H and O–H groups in total. The molecule has 0 saturated heterocycles. The van der Waals surface area contributed by atoms with Gasteiger partial charge in [0.15, 0.2) is 0 Å². The lowest BCUT2D eigenvalue weighted by Gasteiger charge is -2.28. The van der Waals surface area contributed by atoms with Crippen molar-refractivity contribution in [2.45, 2.75) is 32.7 Å². The van der Waals surface area contributed by atoms with Gasteiger partial charge in [-0.25, -0.2) is 0 Å². The summed E-state index contributed by atoms with van der Waals surface area (Å²) in [6.07, 6.45) is 1.86. The predicted molar refractivity (Wildman–Crippen MR) is 48.2 cm³/mol. The molecule has 1 aliphatic rings. The minimum atomic E-state index is 0.155. The molecule has 2 rings (SSSR count). The lowest BCUT2D eigenvalue weighted by atomic mass is 9.84. The minimum Gasteiger partial charge on any atom is -0.468 e. The summed E-state index contributed by atoms with van der Waals surface area (Å²) in [5, 5.41) is 3.40. The number of aryl methyl sites for hydroxylation is 1. The first-order chi connectivity index (χ1) is 5.61. The van der Waals surface area contributed by atoms with Gasteiger partial charge in [-0.15, -0.1) is 0 Å². The first-order valence-corrected chi connectivity index (χ1v) is 4.39. The molecule has 2 nitrogen and oxygen atoms in total. The fraction of sp³-hybridized carbons (Fsp3) is 0.600. The maximum absolute atomic E-state index is 5.56. The van der Waals surface area contributed by atoms with Crippen LogP contribution in [0.5, 0.6) is 0 Å². The van der Waals surface area contributed by atoms with Crippen molar-refractivity contribution in [1.82, 2.24) is 5.32 Å². The molecule has 0 unspecified atom stereocenters. The molecule has 2 heterocycles. The molecule has 0 spiro atoms. The molecule has 0 bridgehead atoms. The molecule has 0 fully saturated rings. The van der Waals surface area contributed by atoms with Crippen LogP contribution in [0.25, 0.3) is 0 Å². The summed E-state index contributed by atoms with van der Waals surface area (Å²) in [5.74, 6) is 1.17. The molecule has 12 heavy (non-hydrogen) atoms. The lowest BCUT2D eigenvalue weighted by molar-refractivity contribution is 0.340. The third-order valence-corrected chi connectivity index (χ3v) is 2.59. The zero-order chi connectivity index (χ0) is 8.77. The quantitative estimate of drug-likeness (QED) is 0.635. The first kappa shape index (κ1) is 7.87. The van der Waals surface area contributed by atoms with Gasteiger partial charge < -0.3 is 9.73 Å². The van der Waals surface area contributed by atoms with Crippen LogP contribution in [-0.2, 0) is 12.0 Å². The van der Waals surface area contributed by atoms with E-state index in [0.29, 0.717) is 0 Å². The topological polar surface area (TPSA) is 25.2 Å². The van der Waals surface area contributed by atoms with Gasteiger partial charge in [0.1, 0.15) is 5.76 Å². The summed E-state index contributed by atoms with van der Waals surface area (Å²) in [7, 11) is 0. The van der Waals surface area contributed by atoms with E-state index in [4.69, 9.17) is 4.42 Å². The standard InChI is InChI=1S/C10H15NO/c1-7-5-12-9-8(7)4-11-6-10(9,2)3/h5,11H,4,6H2,1-3H3. The van der Waals surface area contributed by atoms with Crippen LogP contribution in [0.2, 0.25) is 0 Å². The Morgan fingerprint density at radius 1 is 1.50 bits per heavy atom. The number of furan rings is 1. The van der Waals surface area contributed by atoms with Crippen molar-refractivity contribution in [2.75, 3.05) is 6.54 Å². The van der Waals surface area contributed by atoms with E-state index in [1.807, 2.05) is 6.26 Å². The van der Waals surface area contributed by atoms with Crippen molar-refractivity contribution in [3.05, 3.63) is 23.2 Å². The molecule has 1 aromatic rings. The van der Waals surface area contributed by atoms with Gasteiger partial charge in [0.2, 0.25) is 0 Å². The zero-order valence-corrected chi connectivity index (χ0v) is 7.90. The number of nitrogens with one attached hydrogen (secondary N) is 1. The van der Waals surface area contributed by atoms with Crippen LogP contribution in [0.3, 0.4) is 0 Å². The molecule has 2 heteroatoms. The molecule has 1 aliphatic heterocycles. The van der Waals surface area contributed by atoms with E-state index in [1.54, 1.807) is 0 Å². The number of fused-ring (bicyclic) bond motifs is 1. The normalized spacial score (nSPS) is 20.6. The molecule has 0 aromatic carbocycles. The Labute approximate surface area is 73.0 Å². The van der Waals surface area contributed by atoms with E-state index in [2.05, 4.69) is 26.1 Å². The predicted octanol–water partition coefficient (Wildman–Crippen LogP) is 1.97. The summed E-state index contributed by atoms with van der Waals surface area (Å²) < 4.78 is 5.56. The van der Waals surface area contributed by atoms with Crippen molar-refractivity contribution >= 4 is 0 Å². The SMILES string of the molecule is Cc1coc2c1CNCC2(C)C. The molecular formula is C10H15NO. The summed E-state index contributed by atoms with van der Waals surface area (Å²) >= 11 is 0. The highest BCUT2D eigenvalue weighted by Crippen LogP contribution is 2.32. The Bertz CT molecular complexity index is 299. The highest BCUT2D eigenvalue weighted by atomic mass is 16.3. The number of rotatable bonds is 0. The van der Waals surface area contributed by atoms with Crippen molar-refractivity contribution in [3.8, 4) is 0 Å². The fourth-order valence-corrected chi connectivity index (χ4v) is 1.84. The molecule has 0 aliphatic carbocycles. The summed E-state index contributed by atoms with van der Waals surface area (Å²) in [6.45, 7) is 8.49. The van der Waals surface area contributed by atoms with Crippen molar-refractivity contribution in [2.24, 2.45) is 0 Å². The molecule has 0 saturated carbocycles. The molecular weight excluding hydrogens is 150 g/mol. The van der Waals surface area contributed by atoms with E-state index in [1.165, 1.54) is 16.9 Å². The first-order valence-electron chi connectivity index (χ1n) is 4.39. The minimum absolute atomic E-state index is 0.155. The average Bonchev–Trinajstić information content (AvgIpc) is 2.33. The third kappa shape index (κ3) is 0.985. The van der Waals surface area contributed by atoms with Crippen LogP contribution in [0.15, 0.2) is 10.7 Å². The lowest BCUT2D eigenvalue weighted by Crippen LogP contribution is -2.38. The third-order valence-electron chi connectivity index (χ3n) is 2.59. The van der Waals surface area contributed by atoms with E-state index < -0.39 is 0 Å². The van der Waals surface area contributed by atoms with Crippen LogP contribution in [0, 0.1) is 6.92 Å². The summed E-state index contributed by atoms with van der Waals surface area (Å²) in [4.78, 5) is 0.